The van der Waals surface area contributed by atoms with E-state index in [2.05, 4.69) is 15.3 Å². The number of aromatic nitrogens is 2. The molecule has 10 heteroatoms. The summed E-state index contributed by atoms with van der Waals surface area (Å²) in [6, 6.07) is 6.74. The molecule has 144 valence electrons. The van der Waals surface area contributed by atoms with Gasteiger partial charge in [-0.2, -0.15) is 0 Å². The van der Waals surface area contributed by atoms with E-state index in [4.69, 9.17) is 38.4 Å². The SMILES string of the molecule is NC1=NC(c2cc(Cl)cc(Cl)c2O)n2c(nc3cc4c(cc32)OCCCO4)N1. The number of phenols is 1. The monoisotopic (exact) mass is 419 g/mol. The summed E-state index contributed by atoms with van der Waals surface area (Å²) < 4.78 is 13.4. The second-order valence-corrected chi connectivity index (χ2v) is 7.33. The minimum Gasteiger partial charge on any atom is -0.506 e. The van der Waals surface area contributed by atoms with Crippen LogP contribution in [0.25, 0.3) is 11.0 Å². The molecule has 4 N–H and O–H groups in total. The van der Waals surface area contributed by atoms with Gasteiger partial charge in [0.25, 0.3) is 0 Å². The highest BCUT2D eigenvalue weighted by molar-refractivity contribution is 6.35. The zero-order chi connectivity index (χ0) is 19.4. The molecule has 0 saturated carbocycles. The van der Waals surface area contributed by atoms with Crippen molar-refractivity contribution < 1.29 is 14.6 Å². The Morgan fingerprint density at radius 3 is 2.68 bits per heavy atom. The smallest absolute Gasteiger partial charge is 0.212 e. The number of anilines is 1. The molecule has 3 heterocycles. The predicted octanol–water partition coefficient (Wildman–Crippen LogP) is 3.50. The lowest BCUT2D eigenvalue weighted by atomic mass is 10.1. The van der Waals surface area contributed by atoms with E-state index in [1.54, 1.807) is 6.07 Å². The van der Waals surface area contributed by atoms with Crippen LogP contribution in [0.3, 0.4) is 0 Å². The predicted molar refractivity (Wildman–Crippen MR) is 107 cm³/mol. The number of imidazole rings is 1. The number of nitrogens with zero attached hydrogens (tertiary/aromatic N) is 3. The summed E-state index contributed by atoms with van der Waals surface area (Å²) in [6.07, 6.45) is 0.0967. The summed E-state index contributed by atoms with van der Waals surface area (Å²) in [7, 11) is 0. The van der Waals surface area contributed by atoms with Gasteiger partial charge in [-0.15, -0.1) is 0 Å². The van der Waals surface area contributed by atoms with E-state index in [9.17, 15) is 5.11 Å². The first-order valence-corrected chi connectivity index (χ1v) is 9.36. The second kappa shape index (κ2) is 6.35. The first kappa shape index (κ1) is 17.3. The van der Waals surface area contributed by atoms with Crippen molar-refractivity contribution in [2.24, 2.45) is 10.7 Å². The van der Waals surface area contributed by atoms with Gasteiger partial charge in [-0.1, -0.05) is 23.2 Å². The van der Waals surface area contributed by atoms with Crippen LogP contribution in [0.15, 0.2) is 29.3 Å². The number of ether oxygens (including phenoxy) is 2. The molecule has 1 aromatic heterocycles. The summed E-state index contributed by atoms with van der Waals surface area (Å²) in [5.41, 5.74) is 7.78. The van der Waals surface area contributed by atoms with Gasteiger partial charge in [0.1, 0.15) is 5.75 Å². The molecule has 0 bridgehead atoms. The van der Waals surface area contributed by atoms with Crippen molar-refractivity contribution in [1.29, 1.82) is 0 Å². The zero-order valence-corrected chi connectivity index (χ0v) is 16.0. The van der Waals surface area contributed by atoms with Crippen molar-refractivity contribution in [2.75, 3.05) is 18.5 Å². The van der Waals surface area contributed by atoms with Crippen LogP contribution in [0, 0.1) is 0 Å². The van der Waals surface area contributed by atoms with E-state index in [0.29, 0.717) is 46.8 Å². The second-order valence-electron chi connectivity index (χ2n) is 6.48. The van der Waals surface area contributed by atoms with Gasteiger partial charge in [0.15, 0.2) is 23.6 Å². The van der Waals surface area contributed by atoms with Crippen LogP contribution in [-0.4, -0.2) is 33.8 Å². The molecular weight excluding hydrogens is 405 g/mol. The van der Waals surface area contributed by atoms with Crippen molar-refractivity contribution in [3.05, 3.63) is 39.9 Å². The largest absolute Gasteiger partial charge is 0.506 e. The third-order valence-corrected chi connectivity index (χ3v) is 5.15. The first-order valence-electron chi connectivity index (χ1n) is 8.61. The summed E-state index contributed by atoms with van der Waals surface area (Å²) in [4.78, 5) is 9.05. The van der Waals surface area contributed by atoms with Gasteiger partial charge < -0.3 is 20.3 Å². The Balaban J connectivity index is 1.75. The lowest BCUT2D eigenvalue weighted by Gasteiger charge is -2.25. The summed E-state index contributed by atoms with van der Waals surface area (Å²) in [6.45, 7) is 1.15. The van der Waals surface area contributed by atoms with Gasteiger partial charge in [0, 0.05) is 29.1 Å². The topological polar surface area (TPSA) is 107 Å². The highest BCUT2D eigenvalue weighted by atomic mass is 35.5. The van der Waals surface area contributed by atoms with Crippen molar-refractivity contribution >= 4 is 46.1 Å². The van der Waals surface area contributed by atoms with Gasteiger partial charge >= 0.3 is 0 Å². The van der Waals surface area contributed by atoms with E-state index >= 15 is 0 Å². The van der Waals surface area contributed by atoms with Gasteiger partial charge in [0.05, 0.1) is 29.3 Å². The van der Waals surface area contributed by atoms with Gasteiger partial charge in [-0.05, 0) is 12.1 Å². The number of aromatic hydroxyl groups is 1. The Kier molecular flexibility index (Phi) is 3.92. The third kappa shape index (κ3) is 2.68. The lowest BCUT2D eigenvalue weighted by molar-refractivity contribution is 0.297. The van der Waals surface area contributed by atoms with Crippen LogP contribution in [0.1, 0.15) is 18.2 Å². The number of hydrogen-bond acceptors (Lipinski definition) is 7. The molecule has 0 spiro atoms. The Morgan fingerprint density at radius 1 is 1.14 bits per heavy atom. The molecule has 0 saturated heterocycles. The number of hydrogen-bond donors (Lipinski definition) is 3. The fourth-order valence-corrected chi connectivity index (χ4v) is 3.92. The zero-order valence-electron chi connectivity index (χ0n) is 14.4. The minimum absolute atomic E-state index is 0.114. The maximum atomic E-state index is 10.5. The van der Waals surface area contributed by atoms with Crippen LogP contribution < -0.4 is 20.5 Å². The third-order valence-electron chi connectivity index (χ3n) is 4.64. The van der Waals surface area contributed by atoms with E-state index in [0.717, 1.165) is 11.9 Å². The first-order chi connectivity index (χ1) is 13.5. The fourth-order valence-electron chi connectivity index (χ4n) is 3.42. The fraction of sp³-hybridized carbons (Fsp3) is 0.222. The molecule has 0 aliphatic carbocycles. The van der Waals surface area contributed by atoms with Crippen molar-refractivity contribution in [3.8, 4) is 17.2 Å². The number of nitrogens with two attached hydrogens (primary N) is 1. The molecular formula is C18H15Cl2N5O3. The van der Waals surface area contributed by atoms with Crippen LogP contribution >= 0.6 is 23.2 Å². The van der Waals surface area contributed by atoms with E-state index in [1.807, 2.05) is 16.7 Å². The van der Waals surface area contributed by atoms with Crippen LogP contribution in [0.5, 0.6) is 17.2 Å². The summed E-state index contributed by atoms with van der Waals surface area (Å²) in [5.74, 6) is 1.79. The number of nitrogens with one attached hydrogen (secondary N) is 1. The van der Waals surface area contributed by atoms with E-state index in [-0.39, 0.29) is 16.7 Å². The number of halogens is 2. The molecule has 8 nitrogen and oxygen atoms in total. The maximum absolute atomic E-state index is 10.5. The van der Waals surface area contributed by atoms with Crippen LogP contribution in [0.4, 0.5) is 5.95 Å². The molecule has 0 radical (unpaired) electrons. The molecule has 0 fully saturated rings. The molecule has 1 unspecified atom stereocenters. The van der Waals surface area contributed by atoms with Crippen molar-refractivity contribution in [2.45, 2.75) is 12.6 Å². The molecule has 2 aromatic carbocycles. The molecule has 1 atom stereocenters. The Bertz CT molecular complexity index is 1140. The highest BCUT2D eigenvalue weighted by Gasteiger charge is 2.29. The molecule has 0 amide bonds. The Morgan fingerprint density at radius 2 is 1.89 bits per heavy atom. The van der Waals surface area contributed by atoms with Crippen LogP contribution in [0.2, 0.25) is 10.0 Å². The number of aliphatic imine (C=N–C) groups is 1. The van der Waals surface area contributed by atoms with Gasteiger partial charge in [-0.3, -0.25) is 9.88 Å². The Labute approximate surface area is 169 Å². The van der Waals surface area contributed by atoms with E-state index < -0.39 is 6.17 Å². The van der Waals surface area contributed by atoms with Gasteiger partial charge in [-0.25, -0.2) is 9.98 Å². The summed E-state index contributed by atoms with van der Waals surface area (Å²) in [5, 5.41) is 14.0. The number of fused-ring (bicyclic) bond motifs is 4. The number of rotatable bonds is 1. The highest BCUT2D eigenvalue weighted by Crippen LogP contribution is 2.42. The average Bonchev–Trinajstić information content (AvgIpc) is 2.83. The Hall–Kier alpha value is -2.84. The molecule has 2 aliphatic heterocycles. The molecule has 28 heavy (non-hydrogen) atoms. The maximum Gasteiger partial charge on any atom is 0.212 e. The standard InChI is InChI=1S/C18H15Cl2N5O3/c19-8-4-9(15(26)10(20)5-8)16-23-17(21)24-18-22-11-6-13-14(7-12(11)25(16)18)28-3-1-2-27-13/h4-7,16,26H,1-3H2,(H3,21,22,23,24). The molecule has 2 aliphatic rings. The number of guanidine groups is 1. The van der Waals surface area contributed by atoms with Crippen LogP contribution in [-0.2, 0) is 0 Å². The van der Waals surface area contributed by atoms with Crippen molar-refractivity contribution in [1.82, 2.24) is 9.55 Å². The van der Waals surface area contributed by atoms with Gasteiger partial charge in [0.2, 0.25) is 5.95 Å². The number of phenolic OH excluding ortho intramolecular Hbond substituents is 1. The number of benzene rings is 2. The molecule has 3 aromatic rings. The molecule has 5 rings (SSSR count). The van der Waals surface area contributed by atoms with E-state index in [1.165, 1.54) is 6.07 Å². The van der Waals surface area contributed by atoms with Crippen molar-refractivity contribution in [3.63, 3.8) is 0 Å². The average molecular weight is 420 g/mol. The normalized spacial score (nSPS) is 18.2. The lowest BCUT2D eigenvalue weighted by Crippen LogP contribution is -2.31. The summed E-state index contributed by atoms with van der Waals surface area (Å²) >= 11 is 12.3. The minimum atomic E-state index is -0.706. The quantitative estimate of drug-likeness (QED) is 0.557.